The molecule has 9 heteroatoms. The molecule has 6 aromatic rings. The zero-order chi connectivity index (χ0) is 42.8. The molecule has 0 aliphatic heterocycles. The Bertz CT molecular complexity index is 2430. The van der Waals surface area contributed by atoms with Gasteiger partial charge in [-0.2, -0.15) is 5.26 Å². The van der Waals surface area contributed by atoms with Crippen LogP contribution in [0.5, 0.6) is 23.0 Å². The minimum Gasteiger partial charge on any atom is -0.423 e. The van der Waals surface area contributed by atoms with E-state index in [0.717, 1.165) is 17.5 Å². The summed E-state index contributed by atoms with van der Waals surface area (Å²) in [5.74, 6) is -1.70. The second-order valence-electron chi connectivity index (χ2n) is 14.6. The Labute approximate surface area is 356 Å². The van der Waals surface area contributed by atoms with Gasteiger partial charge in [0.25, 0.3) is 0 Å². The van der Waals surface area contributed by atoms with Gasteiger partial charge in [0.05, 0.1) is 33.9 Å². The van der Waals surface area contributed by atoms with Crippen molar-refractivity contribution in [2.45, 2.75) is 71.1 Å². The fourth-order valence-corrected chi connectivity index (χ4v) is 6.57. The van der Waals surface area contributed by atoms with Gasteiger partial charge in [0.15, 0.2) is 0 Å². The summed E-state index contributed by atoms with van der Waals surface area (Å²) < 4.78 is 21.9. The van der Waals surface area contributed by atoms with Gasteiger partial charge in [-0.25, -0.2) is 19.2 Å². The normalized spacial score (nSPS) is 10.6. The molecule has 0 bridgehead atoms. The Morgan fingerprint density at radius 2 is 0.820 bits per heavy atom. The number of ether oxygens (including phenoxy) is 4. The fraction of sp³-hybridized carbons (Fsp3) is 0.212. The molecular weight excluding hydrogens is 767 g/mol. The van der Waals surface area contributed by atoms with Crippen molar-refractivity contribution >= 4 is 23.9 Å². The first-order chi connectivity index (χ1) is 29.8. The standard InChI is InChI=1S/C52H47NO8/c1-2-3-4-5-6-7-8-9-10-12-37-15-19-39(20-16-37)40-21-23-41(24-22-40)49(54)59-46-31-27-43(28-32-46)51(56)61-48-14-11-13-44(35-48)52(57)60-47-33-25-42(26-34-47)50(55)58-45-29-17-38(36-53)18-30-45/h11,13-35H,2-10,12H2,1H3. The van der Waals surface area contributed by atoms with Crippen LogP contribution in [-0.4, -0.2) is 23.9 Å². The molecule has 0 saturated carbocycles. The lowest BCUT2D eigenvalue weighted by molar-refractivity contribution is 0.0712. The second-order valence-corrected chi connectivity index (χ2v) is 14.6. The Morgan fingerprint density at radius 3 is 1.30 bits per heavy atom. The van der Waals surface area contributed by atoms with E-state index in [1.165, 1.54) is 154 Å². The highest BCUT2D eigenvalue weighted by Gasteiger charge is 2.16. The highest BCUT2D eigenvalue weighted by Crippen LogP contribution is 2.24. The molecule has 0 aliphatic rings. The van der Waals surface area contributed by atoms with Gasteiger partial charge in [-0.3, -0.25) is 0 Å². The molecule has 0 fully saturated rings. The van der Waals surface area contributed by atoms with Crippen molar-refractivity contribution in [1.82, 2.24) is 0 Å². The van der Waals surface area contributed by atoms with Crippen molar-refractivity contribution in [2.24, 2.45) is 0 Å². The summed E-state index contributed by atoms with van der Waals surface area (Å²) in [4.78, 5) is 51.3. The zero-order valence-electron chi connectivity index (χ0n) is 34.1. The molecule has 0 aliphatic carbocycles. The summed E-state index contributed by atoms with van der Waals surface area (Å²) in [5.41, 5.74) is 4.81. The highest BCUT2D eigenvalue weighted by atomic mass is 16.5. The van der Waals surface area contributed by atoms with E-state index in [0.29, 0.717) is 11.1 Å². The van der Waals surface area contributed by atoms with Gasteiger partial charge in [0.2, 0.25) is 0 Å². The lowest BCUT2D eigenvalue weighted by atomic mass is 10.00. The molecule has 308 valence electrons. The average Bonchev–Trinajstić information content (AvgIpc) is 3.29. The Kier molecular flexibility index (Phi) is 15.7. The smallest absolute Gasteiger partial charge is 0.343 e. The largest absolute Gasteiger partial charge is 0.423 e. The van der Waals surface area contributed by atoms with E-state index < -0.39 is 23.9 Å². The highest BCUT2D eigenvalue weighted by molar-refractivity contribution is 5.95. The third-order valence-electron chi connectivity index (χ3n) is 10.1. The lowest BCUT2D eigenvalue weighted by Crippen LogP contribution is -2.12. The summed E-state index contributed by atoms with van der Waals surface area (Å²) in [7, 11) is 0. The maximum atomic E-state index is 13.0. The summed E-state index contributed by atoms with van der Waals surface area (Å²) >= 11 is 0. The van der Waals surface area contributed by atoms with Gasteiger partial charge in [-0.05, 0) is 133 Å². The van der Waals surface area contributed by atoms with Gasteiger partial charge < -0.3 is 18.9 Å². The summed E-state index contributed by atoms with van der Waals surface area (Å²) in [6.45, 7) is 2.25. The van der Waals surface area contributed by atoms with E-state index in [1.807, 2.05) is 18.2 Å². The molecule has 6 rings (SSSR count). The number of nitriles is 1. The quantitative estimate of drug-likeness (QED) is 0.0446. The Hall–Kier alpha value is -7.31. The van der Waals surface area contributed by atoms with Crippen LogP contribution in [0.3, 0.4) is 0 Å². The van der Waals surface area contributed by atoms with Crippen molar-refractivity contribution in [3.63, 3.8) is 0 Å². The van der Waals surface area contributed by atoms with Crippen LogP contribution in [0.25, 0.3) is 11.1 Å². The van der Waals surface area contributed by atoms with Crippen molar-refractivity contribution in [1.29, 1.82) is 5.26 Å². The van der Waals surface area contributed by atoms with Crippen molar-refractivity contribution in [2.75, 3.05) is 0 Å². The number of hydrogen-bond donors (Lipinski definition) is 0. The van der Waals surface area contributed by atoms with Crippen LogP contribution >= 0.6 is 0 Å². The van der Waals surface area contributed by atoms with Gasteiger partial charge in [-0.15, -0.1) is 0 Å². The first-order valence-electron chi connectivity index (χ1n) is 20.7. The molecular formula is C52H47NO8. The van der Waals surface area contributed by atoms with Crippen LogP contribution in [0.4, 0.5) is 0 Å². The SMILES string of the molecule is CCCCCCCCCCCc1ccc(-c2ccc(C(=O)Oc3ccc(C(=O)Oc4cccc(C(=O)Oc5ccc(C(=O)Oc6ccc(C#N)cc6)cc5)c4)cc3)cc2)cc1. The Balaban J connectivity index is 0.937. The van der Waals surface area contributed by atoms with Crippen LogP contribution < -0.4 is 18.9 Å². The van der Waals surface area contributed by atoms with E-state index in [4.69, 9.17) is 24.2 Å². The average molecular weight is 814 g/mol. The molecule has 0 radical (unpaired) electrons. The first-order valence-corrected chi connectivity index (χ1v) is 20.7. The predicted octanol–water partition coefficient (Wildman–Crippen LogP) is 12.2. The van der Waals surface area contributed by atoms with Crippen LogP contribution in [0.1, 0.15) is 117 Å². The van der Waals surface area contributed by atoms with E-state index >= 15 is 0 Å². The molecule has 0 spiro atoms. The topological polar surface area (TPSA) is 129 Å². The summed E-state index contributed by atoms with van der Waals surface area (Å²) in [6.07, 6.45) is 13.0. The zero-order valence-corrected chi connectivity index (χ0v) is 34.1. The Morgan fingerprint density at radius 1 is 0.426 bits per heavy atom. The molecule has 9 nitrogen and oxygen atoms in total. The van der Waals surface area contributed by atoms with E-state index in [1.54, 1.807) is 18.2 Å². The third kappa shape index (κ3) is 13.1. The van der Waals surface area contributed by atoms with E-state index in [-0.39, 0.29) is 39.7 Å². The van der Waals surface area contributed by atoms with Crippen molar-refractivity contribution in [3.05, 3.63) is 179 Å². The summed E-state index contributed by atoms with van der Waals surface area (Å²) in [5, 5.41) is 8.93. The lowest BCUT2D eigenvalue weighted by Gasteiger charge is -2.09. The van der Waals surface area contributed by atoms with Crippen molar-refractivity contribution < 1.29 is 38.1 Å². The van der Waals surface area contributed by atoms with Gasteiger partial charge in [0.1, 0.15) is 23.0 Å². The third-order valence-corrected chi connectivity index (χ3v) is 10.1. The molecule has 61 heavy (non-hydrogen) atoms. The van der Waals surface area contributed by atoms with E-state index in [2.05, 4.69) is 31.2 Å². The number of unbranched alkanes of at least 4 members (excludes halogenated alkanes) is 8. The number of benzene rings is 6. The monoisotopic (exact) mass is 813 g/mol. The molecule has 0 unspecified atom stereocenters. The molecule has 0 amide bonds. The number of carbonyl (C=O) groups is 4. The van der Waals surface area contributed by atoms with Gasteiger partial charge in [0, 0.05) is 0 Å². The summed E-state index contributed by atoms with van der Waals surface area (Å²) in [6, 6.07) is 41.7. The van der Waals surface area contributed by atoms with Gasteiger partial charge in [-0.1, -0.05) is 101 Å². The van der Waals surface area contributed by atoms with Crippen LogP contribution in [0.15, 0.2) is 146 Å². The minimum absolute atomic E-state index is 0.115. The molecule has 0 aromatic heterocycles. The van der Waals surface area contributed by atoms with Crippen LogP contribution in [-0.2, 0) is 6.42 Å². The van der Waals surface area contributed by atoms with E-state index in [9.17, 15) is 19.2 Å². The van der Waals surface area contributed by atoms with Crippen molar-refractivity contribution in [3.8, 4) is 40.2 Å². The number of rotatable bonds is 19. The number of carbonyl (C=O) groups excluding carboxylic acids is 4. The fourth-order valence-electron chi connectivity index (χ4n) is 6.57. The number of hydrogen-bond acceptors (Lipinski definition) is 9. The van der Waals surface area contributed by atoms with Crippen LogP contribution in [0.2, 0.25) is 0 Å². The van der Waals surface area contributed by atoms with Gasteiger partial charge >= 0.3 is 23.9 Å². The maximum Gasteiger partial charge on any atom is 0.343 e. The molecule has 0 atom stereocenters. The number of esters is 4. The molecule has 0 saturated heterocycles. The van der Waals surface area contributed by atoms with Crippen LogP contribution in [0, 0.1) is 11.3 Å². The molecule has 6 aromatic carbocycles. The molecule has 0 N–H and O–H groups in total. The first kappa shape index (κ1) is 43.3. The second kappa shape index (κ2) is 22.2. The number of aryl methyl sites for hydroxylation is 1. The minimum atomic E-state index is -0.708. The maximum absolute atomic E-state index is 13.0. The molecule has 0 heterocycles. The predicted molar refractivity (Wildman–Crippen MR) is 233 cm³/mol. The number of nitrogens with zero attached hydrogens (tertiary/aromatic N) is 1.